The molecule has 0 saturated carbocycles. The molecule has 3 heterocycles. The van der Waals surface area contributed by atoms with Crippen molar-refractivity contribution in [1.29, 1.82) is 5.26 Å². The van der Waals surface area contributed by atoms with Crippen molar-refractivity contribution < 1.29 is 31.2 Å². The predicted molar refractivity (Wildman–Crippen MR) is 131 cm³/mol. The van der Waals surface area contributed by atoms with Gasteiger partial charge in [-0.25, -0.2) is 0 Å². The molecule has 3 aliphatic rings. The van der Waals surface area contributed by atoms with Gasteiger partial charge in [0.15, 0.2) is 0 Å². The average molecular weight is 556 g/mol. The van der Waals surface area contributed by atoms with E-state index < -0.39 is 40.0 Å². The number of nitrogens with zero attached hydrogens (tertiary/aromatic N) is 4. The summed E-state index contributed by atoms with van der Waals surface area (Å²) in [6.45, 7) is 2.83. The maximum Gasteiger partial charge on any atom is 0.416 e. The predicted octanol–water partition coefficient (Wildman–Crippen LogP) is 2.68. The molecule has 1 aromatic rings. The Morgan fingerprint density at radius 1 is 1.08 bits per heavy atom. The SMILES string of the molecule is CCC(NC(=O)[C@H]1CCCN1C(=O)[C@H]1CCCN(S(=O)(=O)N2CC(C#N)C2)C1)c1ccc(C(F)(F)F)cc1. The summed E-state index contributed by atoms with van der Waals surface area (Å²) in [5.41, 5.74) is -0.222. The zero-order chi connectivity index (χ0) is 27.7. The third-order valence-corrected chi connectivity index (χ3v) is 9.56. The van der Waals surface area contributed by atoms with Crippen molar-refractivity contribution >= 4 is 22.0 Å². The van der Waals surface area contributed by atoms with Gasteiger partial charge in [0.1, 0.15) is 6.04 Å². The van der Waals surface area contributed by atoms with E-state index in [0.717, 1.165) is 12.1 Å². The van der Waals surface area contributed by atoms with Crippen LogP contribution in [-0.2, 0) is 26.0 Å². The van der Waals surface area contributed by atoms with Gasteiger partial charge in [-0.1, -0.05) is 19.1 Å². The fourth-order valence-corrected chi connectivity index (χ4v) is 7.15. The van der Waals surface area contributed by atoms with Crippen molar-refractivity contribution in [2.24, 2.45) is 11.8 Å². The summed E-state index contributed by atoms with van der Waals surface area (Å²) in [6.07, 6.45) is -1.88. The zero-order valence-electron chi connectivity index (χ0n) is 21.2. The zero-order valence-corrected chi connectivity index (χ0v) is 22.0. The summed E-state index contributed by atoms with van der Waals surface area (Å²) in [6, 6.07) is 5.50. The molecular weight excluding hydrogens is 523 g/mol. The Morgan fingerprint density at radius 2 is 1.74 bits per heavy atom. The van der Waals surface area contributed by atoms with Crippen LogP contribution in [0.3, 0.4) is 0 Å². The number of likely N-dealkylation sites (tertiary alicyclic amines) is 1. The lowest BCUT2D eigenvalue weighted by Crippen LogP contribution is -2.57. The van der Waals surface area contributed by atoms with E-state index in [1.165, 1.54) is 25.6 Å². The fraction of sp³-hybridized carbons (Fsp3) is 0.640. The quantitative estimate of drug-likeness (QED) is 0.556. The van der Waals surface area contributed by atoms with E-state index in [9.17, 15) is 31.2 Å². The molecule has 1 aromatic carbocycles. The monoisotopic (exact) mass is 555 g/mol. The van der Waals surface area contributed by atoms with Crippen LogP contribution in [0.2, 0.25) is 0 Å². The minimum Gasteiger partial charge on any atom is -0.348 e. The van der Waals surface area contributed by atoms with E-state index in [1.54, 1.807) is 0 Å². The number of alkyl halides is 3. The molecule has 3 fully saturated rings. The number of benzene rings is 1. The molecule has 0 aromatic heterocycles. The van der Waals surface area contributed by atoms with Crippen molar-refractivity contribution in [2.45, 2.75) is 57.3 Å². The van der Waals surface area contributed by atoms with Gasteiger partial charge in [-0.3, -0.25) is 9.59 Å². The smallest absolute Gasteiger partial charge is 0.348 e. The summed E-state index contributed by atoms with van der Waals surface area (Å²) in [5.74, 6) is -1.52. The standard InChI is InChI=1S/C25H32F3N5O4S/c1-2-21(18-7-9-20(10-8-18)25(26,27)28)30-23(34)22-6-4-12-33(22)24(35)19-5-3-11-31(16-19)38(36,37)32-14-17(13-29)15-32/h7-10,17,19,21-22H,2-6,11-12,14-16H2,1H3,(H,30,34)/t19-,21?,22+/m0/s1. The van der Waals surface area contributed by atoms with E-state index in [-0.39, 0.29) is 37.4 Å². The Morgan fingerprint density at radius 3 is 2.34 bits per heavy atom. The molecule has 1 N–H and O–H groups in total. The maximum atomic E-state index is 13.5. The topological polar surface area (TPSA) is 114 Å². The largest absolute Gasteiger partial charge is 0.416 e. The minimum atomic E-state index is -4.45. The number of nitrogens with one attached hydrogen (secondary N) is 1. The Balaban J connectivity index is 1.39. The number of halogens is 3. The van der Waals surface area contributed by atoms with Gasteiger partial charge in [0.05, 0.1) is 29.5 Å². The van der Waals surface area contributed by atoms with Gasteiger partial charge in [-0.2, -0.15) is 35.5 Å². The van der Waals surface area contributed by atoms with Gasteiger partial charge in [-0.05, 0) is 49.8 Å². The molecule has 0 spiro atoms. The van der Waals surface area contributed by atoms with E-state index in [2.05, 4.69) is 11.4 Å². The van der Waals surface area contributed by atoms with Crippen LogP contribution in [0.5, 0.6) is 0 Å². The van der Waals surface area contributed by atoms with Crippen LogP contribution in [0.25, 0.3) is 0 Å². The van der Waals surface area contributed by atoms with Crippen molar-refractivity contribution in [3.63, 3.8) is 0 Å². The number of nitriles is 1. The van der Waals surface area contributed by atoms with E-state index in [0.29, 0.717) is 50.8 Å². The van der Waals surface area contributed by atoms with Crippen LogP contribution in [0.4, 0.5) is 13.2 Å². The first kappa shape index (κ1) is 28.3. The number of hydrogen-bond donors (Lipinski definition) is 1. The molecule has 208 valence electrons. The number of carbonyl (C=O) groups excluding carboxylic acids is 2. The lowest BCUT2D eigenvalue weighted by molar-refractivity contribution is -0.142. The second-order valence-electron chi connectivity index (χ2n) is 10.1. The molecule has 4 rings (SSSR count). The molecule has 1 unspecified atom stereocenters. The Hall–Kier alpha value is -2.69. The van der Waals surface area contributed by atoms with Crippen LogP contribution < -0.4 is 5.32 Å². The second-order valence-corrected chi connectivity index (χ2v) is 12.1. The lowest BCUT2D eigenvalue weighted by atomic mass is 9.97. The highest BCUT2D eigenvalue weighted by molar-refractivity contribution is 7.86. The molecule has 9 nitrogen and oxygen atoms in total. The van der Waals surface area contributed by atoms with Gasteiger partial charge in [0, 0.05) is 32.7 Å². The van der Waals surface area contributed by atoms with Crippen molar-refractivity contribution in [1.82, 2.24) is 18.8 Å². The van der Waals surface area contributed by atoms with Crippen molar-refractivity contribution in [3.8, 4) is 6.07 Å². The van der Waals surface area contributed by atoms with Gasteiger partial charge >= 0.3 is 6.18 Å². The number of carbonyl (C=O) groups is 2. The van der Waals surface area contributed by atoms with Crippen LogP contribution >= 0.6 is 0 Å². The van der Waals surface area contributed by atoms with Gasteiger partial charge in [-0.15, -0.1) is 0 Å². The number of rotatable bonds is 7. The number of hydrogen-bond acceptors (Lipinski definition) is 5. The summed E-state index contributed by atoms with van der Waals surface area (Å²) < 4.78 is 67.2. The summed E-state index contributed by atoms with van der Waals surface area (Å²) in [4.78, 5) is 28.2. The van der Waals surface area contributed by atoms with E-state index >= 15 is 0 Å². The molecular formula is C25H32F3N5O4S. The first-order chi connectivity index (χ1) is 18.0. The molecule has 38 heavy (non-hydrogen) atoms. The van der Waals surface area contributed by atoms with Crippen LogP contribution in [0, 0.1) is 23.2 Å². The number of amides is 2. The normalized spacial score (nSPS) is 24.4. The Labute approximate surface area is 220 Å². The Kier molecular flexibility index (Phi) is 8.34. The second kappa shape index (κ2) is 11.2. The minimum absolute atomic E-state index is 0.0306. The molecule has 0 radical (unpaired) electrons. The number of piperidine rings is 1. The molecule has 3 saturated heterocycles. The molecule has 3 atom stereocenters. The third kappa shape index (κ3) is 5.82. The first-order valence-electron chi connectivity index (χ1n) is 12.9. The molecule has 3 aliphatic heterocycles. The highest BCUT2D eigenvalue weighted by Crippen LogP contribution is 2.32. The van der Waals surface area contributed by atoms with Crippen LogP contribution in [-0.4, -0.2) is 72.5 Å². The van der Waals surface area contributed by atoms with E-state index in [1.807, 2.05) is 6.92 Å². The Bertz CT molecular complexity index is 1180. The third-order valence-electron chi connectivity index (χ3n) is 7.62. The van der Waals surface area contributed by atoms with Gasteiger partial charge in [0.2, 0.25) is 11.8 Å². The van der Waals surface area contributed by atoms with Crippen molar-refractivity contribution in [3.05, 3.63) is 35.4 Å². The van der Waals surface area contributed by atoms with Gasteiger partial charge < -0.3 is 10.2 Å². The highest BCUT2D eigenvalue weighted by Gasteiger charge is 2.44. The first-order valence-corrected chi connectivity index (χ1v) is 14.3. The van der Waals surface area contributed by atoms with Crippen LogP contribution in [0.15, 0.2) is 24.3 Å². The summed E-state index contributed by atoms with van der Waals surface area (Å²) >= 11 is 0. The molecule has 0 bridgehead atoms. The summed E-state index contributed by atoms with van der Waals surface area (Å²) in [5, 5.41) is 11.8. The van der Waals surface area contributed by atoms with Crippen molar-refractivity contribution in [2.75, 3.05) is 32.7 Å². The maximum absolute atomic E-state index is 13.5. The molecule has 2 amide bonds. The highest BCUT2D eigenvalue weighted by atomic mass is 32.2. The lowest BCUT2D eigenvalue weighted by Gasteiger charge is -2.41. The summed E-state index contributed by atoms with van der Waals surface area (Å²) in [7, 11) is -3.76. The molecule has 13 heteroatoms. The van der Waals surface area contributed by atoms with Gasteiger partial charge in [0.25, 0.3) is 10.2 Å². The average Bonchev–Trinajstić information content (AvgIpc) is 3.36. The molecule has 0 aliphatic carbocycles. The fourth-order valence-electron chi connectivity index (χ4n) is 5.36. The van der Waals surface area contributed by atoms with E-state index in [4.69, 9.17) is 5.26 Å². The van der Waals surface area contributed by atoms with Crippen LogP contribution in [0.1, 0.15) is 56.2 Å².